The molecule has 1 saturated heterocycles. The Bertz CT molecular complexity index is 824. The largest absolute Gasteiger partial charge is 0.461 e. The molecule has 5 nitrogen and oxygen atoms in total. The van der Waals surface area contributed by atoms with Gasteiger partial charge in [0, 0.05) is 44.4 Å². The first-order valence-electron chi connectivity index (χ1n) is 9.04. The summed E-state index contributed by atoms with van der Waals surface area (Å²) < 4.78 is 5.82. The molecule has 2 aliphatic rings. The van der Waals surface area contributed by atoms with Gasteiger partial charge in [0.1, 0.15) is 17.3 Å². The summed E-state index contributed by atoms with van der Waals surface area (Å²) in [4.78, 5) is 20.7. The van der Waals surface area contributed by atoms with Gasteiger partial charge in [0.25, 0.3) is 0 Å². The second-order valence-electron chi connectivity index (χ2n) is 7.01. The van der Waals surface area contributed by atoms with Crippen LogP contribution in [0.3, 0.4) is 0 Å². The highest BCUT2D eigenvalue weighted by Gasteiger charge is 2.36. The molecule has 2 unspecified atom stereocenters. The van der Waals surface area contributed by atoms with E-state index in [0.717, 1.165) is 30.4 Å². The lowest BCUT2D eigenvalue weighted by atomic mass is 10.2. The number of furan rings is 1. The summed E-state index contributed by atoms with van der Waals surface area (Å²) in [5.74, 6) is 3.84. The number of carbonyl (C=O) groups is 1. The highest BCUT2D eigenvalue weighted by molar-refractivity contribution is 6.32. The smallest absolute Gasteiger partial charge is 0.246 e. The van der Waals surface area contributed by atoms with Crippen molar-refractivity contribution in [1.82, 2.24) is 9.88 Å². The van der Waals surface area contributed by atoms with Crippen molar-refractivity contribution in [3.63, 3.8) is 0 Å². The molecule has 0 bridgehead atoms. The number of pyridine rings is 1. The number of hydrogen-bond donors (Lipinski definition) is 0. The summed E-state index contributed by atoms with van der Waals surface area (Å²) in [5, 5.41) is 0.644. The predicted molar refractivity (Wildman–Crippen MR) is 102 cm³/mol. The first-order valence-corrected chi connectivity index (χ1v) is 9.42. The van der Waals surface area contributed by atoms with Crippen LogP contribution in [0.4, 0.5) is 5.82 Å². The van der Waals surface area contributed by atoms with Crippen LogP contribution in [0.2, 0.25) is 5.02 Å². The van der Waals surface area contributed by atoms with Crippen LogP contribution < -0.4 is 4.90 Å². The van der Waals surface area contributed by atoms with Gasteiger partial charge in [-0.1, -0.05) is 18.5 Å². The van der Waals surface area contributed by atoms with Crippen molar-refractivity contribution in [2.45, 2.75) is 19.3 Å². The van der Waals surface area contributed by atoms with E-state index in [1.165, 1.54) is 6.42 Å². The third-order valence-electron chi connectivity index (χ3n) is 5.14. The molecular weight excluding hydrogens is 350 g/mol. The van der Waals surface area contributed by atoms with Crippen LogP contribution in [0, 0.1) is 5.92 Å². The van der Waals surface area contributed by atoms with Crippen molar-refractivity contribution < 1.29 is 9.21 Å². The van der Waals surface area contributed by atoms with E-state index in [0.29, 0.717) is 29.9 Å². The molecule has 0 N–H and O–H groups in total. The van der Waals surface area contributed by atoms with E-state index < -0.39 is 0 Å². The predicted octanol–water partition coefficient (Wildman–Crippen LogP) is 3.81. The normalized spacial score (nSPS) is 22.8. The van der Waals surface area contributed by atoms with Crippen molar-refractivity contribution in [3.05, 3.63) is 53.1 Å². The minimum atomic E-state index is 0.00880. The van der Waals surface area contributed by atoms with Crippen LogP contribution in [0.5, 0.6) is 0 Å². The van der Waals surface area contributed by atoms with Crippen LogP contribution in [0.1, 0.15) is 30.8 Å². The van der Waals surface area contributed by atoms with Crippen LogP contribution in [-0.2, 0) is 4.79 Å². The van der Waals surface area contributed by atoms with Gasteiger partial charge in [-0.3, -0.25) is 4.79 Å². The Balaban J connectivity index is 1.32. The van der Waals surface area contributed by atoms with Gasteiger partial charge in [0.05, 0.1) is 5.02 Å². The first kappa shape index (κ1) is 17.2. The molecule has 2 aromatic rings. The zero-order valence-electron chi connectivity index (χ0n) is 14.8. The van der Waals surface area contributed by atoms with Crippen LogP contribution in [0.25, 0.3) is 6.08 Å². The lowest BCUT2D eigenvalue weighted by molar-refractivity contribution is -0.126. The molecule has 4 rings (SSSR count). The summed E-state index contributed by atoms with van der Waals surface area (Å²) in [6.45, 7) is 4.98. The zero-order chi connectivity index (χ0) is 18.1. The number of piperazine rings is 1. The van der Waals surface area contributed by atoms with E-state index in [9.17, 15) is 4.79 Å². The molecular formula is C20H22ClN3O2. The van der Waals surface area contributed by atoms with Gasteiger partial charge >= 0.3 is 0 Å². The molecule has 2 aromatic heterocycles. The van der Waals surface area contributed by atoms with Gasteiger partial charge in [-0.15, -0.1) is 0 Å². The van der Waals surface area contributed by atoms with Gasteiger partial charge in [-0.25, -0.2) is 4.98 Å². The standard InChI is InChI=1S/C20H22ClN3O2/c1-14-13-16(14)18-6-4-15(26-18)5-7-19(25)23-9-11-24(12-10-23)20-17(21)3-2-8-22-20/h2-8,14,16H,9-13H2,1H3/b7-5+. The molecule has 1 aliphatic heterocycles. The van der Waals surface area contributed by atoms with Crippen LogP contribution in [0.15, 0.2) is 41.0 Å². The number of halogens is 1. The number of hydrogen-bond acceptors (Lipinski definition) is 4. The second kappa shape index (κ2) is 7.16. The number of nitrogens with zero attached hydrogens (tertiary/aromatic N) is 3. The molecule has 0 radical (unpaired) electrons. The van der Waals surface area contributed by atoms with Gasteiger partial charge in [0.2, 0.25) is 5.91 Å². The topological polar surface area (TPSA) is 49.6 Å². The quantitative estimate of drug-likeness (QED) is 0.767. The third-order valence-corrected chi connectivity index (χ3v) is 5.44. The maximum atomic E-state index is 12.4. The fourth-order valence-electron chi connectivity index (χ4n) is 3.38. The summed E-state index contributed by atoms with van der Waals surface area (Å²) in [5.41, 5.74) is 0. The Morgan fingerprint density at radius 1 is 1.27 bits per heavy atom. The van der Waals surface area contributed by atoms with Crippen molar-refractivity contribution >= 4 is 29.4 Å². The molecule has 136 valence electrons. The molecule has 3 heterocycles. The van der Waals surface area contributed by atoms with Gasteiger partial charge < -0.3 is 14.2 Å². The van der Waals surface area contributed by atoms with Crippen molar-refractivity contribution in [1.29, 1.82) is 0 Å². The molecule has 2 atom stereocenters. The number of anilines is 1. The van der Waals surface area contributed by atoms with E-state index in [4.69, 9.17) is 16.0 Å². The van der Waals surface area contributed by atoms with E-state index in [1.807, 2.05) is 29.2 Å². The van der Waals surface area contributed by atoms with Crippen LogP contribution in [-0.4, -0.2) is 42.0 Å². The van der Waals surface area contributed by atoms with Gasteiger partial charge in [0.15, 0.2) is 0 Å². The van der Waals surface area contributed by atoms with Crippen LogP contribution >= 0.6 is 11.6 Å². The summed E-state index contributed by atoms with van der Waals surface area (Å²) >= 11 is 6.21. The molecule has 0 aromatic carbocycles. The van der Waals surface area contributed by atoms with E-state index in [-0.39, 0.29) is 5.91 Å². The van der Waals surface area contributed by atoms with Gasteiger partial charge in [-0.05, 0) is 42.7 Å². The number of carbonyl (C=O) groups excluding carboxylic acids is 1. The Labute approximate surface area is 158 Å². The minimum absolute atomic E-state index is 0.00880. The Morgan fingerprint density at radius 3 is 2.73 bits per heavy atom. The highest BCUT2D eigenvalue weighted by Crippen LogP contribution is 2.47. The van der Waals surface area contributed by atoms with Crippen molar-refractivity contribution in [3.8, 4) is 0 Å². The highest BCUT2D eigenvalue weighted by atomic mass is 35.5. The van der Waals surface area contributed by atoms with Gasteiger partial charge in [-0.2, -0.15) is 0 Å². The first-order chi connectivity index (χ1) is 12.6. The molecule has 2 fully saturated rings. The maximum Gasteiger partial charge on any atom is 0.246 e. The molecule has 1 amide bonds. The lowest BCUT2D eigenvalue weighted by Crippen LogP contribution is -2.48. The average Bonchev–Trinajstić information content (AvgIpc) is 3.20. The van der Waals surface area contributed by atoms with E-state index in [1.54, 1.807) is 18.3 Å². The number of rotatable bonds is 4. The van der Waals surface area contributed by atoms with E-state index >= 15 is 0 Å². The second-order valence-corrected chi connectivity index (χ2v) is 7.42. The Hall–Kier alpha value is -2.27. The number of amides is 1. The SMILES string of the molecule is CC1CC1c1ccc(/C=C/C(=O)N2CCN(c3ncccc3Cl)CC2)o1. The fourth-order valence-corrected chi connectivity index (χ4v) is 3.62. The molecule has 1 aliphatic carbocycles. The lowest BCUT2D eigenvalue weighted by Gasteiger charge is -2.35. The summed E-state index contributed by atoms with van der Waals surface area (Å²) in [6.07, 6.45) is 6.30. The molecule has 6 heteroatoms. The molecule has 0 spiro atoms. The van der Waals surface area contributed by atoms with Crippen molar-refractivity contribution in [2.75, 3.05) is 31.1 Å². The Kier molecular flexibility index (Phi) is 4.72. The monoisotopic (exact) mass is 371 g/mol. The summed E-state index contributed by atoms with van der Waals surface area (Å²) in [6, 6.07) is 7.61. The minimum Gasteiger partial charge on any atom is -0.461 e. The number of aromatic nitrogens is 1. The maximum absolute atomic E-state index is 12.4. The van der Waals surface area contributed by atoms with Crippen molar-refractivity contribution in [2.24, 2.45) is 5.92 Å². The Morgan fingerprint density at radius 2 is 2.04 bits per heavy atom. The zero-order valence-corrected chi connectivity index (χ0v) is 15.5. The van der Waals surface area contributed by atoms with E-state index in [2.05, 4.69) is 16.8 Å². The summed E-state index contributed by atoms with van der Waals surface area (Å²) in [7, 11) is 0. The molecule has 1 saturated carbocycles. The fraction of sp³-hybridized carbons (Fsp3) is 0.400. The average molecular weight is 372 g/mol. The third kappa shape index (κ3) is 3.63. The molecule has 26 heavy (non-hydrogen) atoms.